The van der Waals surface area contributed by atoms with Gasteiger partial charge < -0.3 is 67.6 Å². The third-order valence-corrected chi connectivity index (χ3v) is 24.9. The SMILES string of the molecule is CC(CCCOCCCC(C)[C@H]1CC[C@H]2[C@@H]3[C@H](OCCCN)C[C@@H]4C[C@H](OCCCN)CC[C@]4(C)[C@H]3C[C@H](OCCCN)[C@]12C)[C@H]1CC[C@H]2[C@@H]3[C@H](OCCCN)C[C@@H]4C[C@H](OCCCN)CC[C@]4(C)[C@H]3C[C@H](OCCCN)[C@]12C. The van der Waals surface area contributed by atoms with Gasteiger partial charge in [0.25, 0.3) is 0 Å². The molecule has 79 heavy (non-hydrogen) atoms. The Morgan fingerprint density at radius 2 is 0.734 bits per heavy atom. The van der Waals surface area contributed by atoms with Crippen molar-refractivity contribution < 1.29 is 33.2 Å². The molecular weight excluding hydrogens is 989 g/mol. The molecule has 0 bridgehead atoms. The second-order valence-corrected chi connectivity index (χ2v) is 28.8. The molecular formula is C66H124N6O7. The molecule has 0 radical (unpaired) electrons. The van der Waals surface area contributed by atoms with Gasteiger partial charge in [-0.1, -0.05) is 41.5 Å². The first-order valence-corrected chi connectivity index (χ1v) is 33.8. The summed E-state index contributed by atoms with van der Waals surface area (Å²) in [6.45, 7) is 26.1. The fourth-order valence-electron chi connectivity index (χ4n) is 20.7. The maximum atomic E-state index is 7.16. The highest BCUT2D eigenvalue weighted by atomic mass is 16.5. The summed E-state index contributed by atoms with van der Waals surface area (Å²) >= 11 is 0. The van der Waals surface area contributed by atoms with Gasteiger partial charge in [-0.15, -0.1) is 0 Å². The van der Waals surface area contributed by atoms with Crippen molar-refractivity contribution in [2.45, 2.75) is 232 Å². The van der Waals surface area contributed by atoms with Crippen LogP contribution in [0.15, 0.2) is 0 Å². The third kappa shape index (κ3) is 14.0. The summed E-state index contributed by atoms with van der Waals surface area (Å²) in [5.74, 6) is 7.07. The van der Waals surface area contributed by atoms with Crippen molar-refractivity contribution >= 4 is 0 Å². The number of hydrogen-bond donors (Lipinski definition) is 6. The first-order valence-electron chi connectivity index (χ1n) is 33.8. The van der Waals surface area contributed by atoms with Gasteiger partial charge in [-0.2, -0.15) is 0 Å². The Hall–Kier alpha value is -0.520. The van der Waals surface area contributed by atoms with E-state index < -0.39 is 0 Å². The molecule has 0 heterocycles. The molecule has 0 aromatic heterocycles. The van der Waals surface area contributed by atoms with Gasteiger partial charge in [-0.05, 0) is 275 Å². The molecule has 8 aliphatic carbocycles. The molecule has 12 N–H and O–H groups in total. The van der Waals surface area contributed by atoms with E-state index in [1.54, 1.807) is 0 Å². The van der Waals surface area contributed by atoms with Gasteiger partial charge >= 0.3 is 0 Å². The molecule has 0 aromatic carbocycles. The Morgan fingerprint density at radius 1 is 0.380 bits per heavy atom. The largest absolute Gasteiger partial charge is 0.381 e. The number of fused-ring (bicyclic) bond motifs is 10. The van der Waals surface area contributed by atoms with Crippen molar-refractivity contribution in [1.29, 1.82) is 0 Å². The molecule has 2 unspecified atom stereocenters. The van der Waals surface area contributed by atoms with E-state index in [9.17, 15) is 0 Å². The molecule has 0 saturated heterocycles. The quantitative estimate of drug-likeness (QED) is 0.0331. The lowest BCUT2D eigenvalue weighted by Gasteiger charge is -2.65. The van der Waals surface area contributed by atoms with Crippen LogP contribution in [0.5, 0.6) is 0 Å². The molecule has 0 aliphatic heterocycles. The average molecular weight is 1110 g/mol. The standard InChI is InChI=1S/C66H124N6O7/c1-45(51-17-19-53-61-55(43-59(65(51,53)5)78-37-13-29-71)63(3)23-21-49(74-33-9-25-67)39-47(63)41-57(61)76-35-11-27-69)15-7-31-73-32-8-16-46(2)52-18-20-54-62-56(44-60(66(52,54)6)79-38-14-30-72)64(4)24-22-50(75-34-10-26-68)40-48(64)42-58(62)77-36-12-28-70/h45-62H,7-44,67-72H2,1-6H3/t45?,46?,47-,48-,49+,50+,51+,52+,53-,54-,55-,56-,57+,58+,59-,60-,61-,62-,63-,64-,65+,66+/m0/s1. The number of nitrogens with two attached hydrogens (primary N) is 6. The van der Waals surface area contributed by atoms with Crippen molar-refractivity contribution in [2.75, 3.05) is 92.1 Å². The zero-order valence-electron chi connectivity index (χ0n) is 51.6. The van der Waals surface area contributed by atoms with Crippen LogP contribution < -0.4 is 34.4 Å². The minimum Gasteiger partial charge on any atom is -0.381 e. The summed E-state index contributed by atoms with van der Waals surface area (Å²) in [6, 6.07) is 0. The second kappa shape index (κ2) is 30.2. The van der Waals surface area contributed by atoms with E-state index in [1.807, 2.05) is 0 Å². The molecule has 0 aromatic rings. The fourth-order valence-corrected chi connectivity index (χ4v) is 20.7. The summed E-state index contributed by atoms with van der Waals surface area (Å²) in [5.41, 5.74) is 36.9. The van der Waals surface area contributed by atoms with Crippen molar-refractivity contribution in [2.24, 2.45) is 127 Å². The number of ether oxygens (including phenoxy) is 7. The lowest BCUT2D eigenvalue weighted by molar-refractivity contribution is -0.227. The zero-order chi connectivity index (χ0) is 56.2. The molecule has 22 atom stereocenters. The zero-order valence-corrected chi connectivity index (χ0v) is 51.6. The number of hydrogen-bond acceptors (Lipinski definition) is 13. The van der Waals surface area contributed by atoms with E-state index in [2.05, 4.69) is 41.5 Å². The molecule has 8 fully saturated rings. The first kappa shape index (κ1) is 64.5. The van der Waals surface area contributed by atoms with Crippen LogP contribution in [0.25, 0.3) is 0 Å². The Labute approximate surface area is 482 Å². The van der Waals surface area contributed by atoms with E-state index in [4.69, 9.17) is 67.6 Å². The third-order valence-electron chi connectivity index (χ3n) is 24.9. The normalized spacial score (nSPS) is 42.4. The van der Waals surface area contributed by atoms with E-state index >= 15 is 0 Å². The predicted octanol–water partition coefficient (Wildman–Crippen LogP) is 10.00. The van der Waals surface area contributed by atoms with Gasteiger partial charge in [0.2, 0.25) is 0 Å². The number of rotatable bonds is 34. The van der Waals surface area contributed by atoms with E-state index in [1.165, 1.54) is 51.4 Å². The van der Waals surface area contributed by atoms with Crippen LogP contribution in [0.4, 0.5) is 0 Å². The predicted molar refractivity (Wildman–Crippen MR) is 320 cm³/mol. The van der Waals surface area contributed by atoms with Gasteiger partial charge in [-0.25, -0.2) is 0 Å². The Kier molecular flexibility index (Phi) is 24.7. The van der Waals surface area contributed by atoms with Crippen LogP contribution >= 0.6 is 0 Å². The molecule has 13 nitrogen and oxygen atoms in total. The smallest absolute Gasteiger partial charge is 0.0637 e. The molecule has 0 amide bonds. The van der Waals surface area contributed by atoms with Crippen molar-refractivity contribution in [3.05, 3.63) is 0 Å². The monoisotopic (exact) mass is 1110 g/mol. The summed E-state index contributed by atoms with van der Waals surface area (Å²) < 4.78 is 48.0. The summed E-state index contributed by atoms with van der Waals surface area (Å²) in [5, 5.41) is 0. The Bertz CT molecular complexity index is 1650. The van der Waals surface area contributed by atoms with Crippen molar-refractivity contribution in [1.82, 2.24) is 0 Å². The van der Waals surface area contributed by atoms with Gasteiger partial charge in [0.05, 0.1) is 36.6 Å². The minimum absolute atomic E-state index is 0.103. The molecule has 460 valence electrons. The second-order valence-electron chi connectivity index (χ2n) is 28.8. The summed E-state index contributed by atoms with van der Waals surface area (Å²) in [4.78, 5) is 0. The van der Waals surface area contributed by atoms with E-state index in [0.29, 0.717) is 122 Å². The van der Waals surface area contributed by atoms with Crippen LogP contribution in [-0.4, -0.2) is 129 Å². The lowest BCUT2D eigenvalue weighted by Crippen LogP contribution is -2.63. The Balaban J connectivity index is 0.874. The van der Waals surface area contributed by atoms with Gasteiger partial charge in [-0.3, -0.25) is 0 Å². The summed E-state index contributed by atoms with van der Waals surface area (Å²) in [6.07, 6.45) is 28.5. The van der Waals surface area contributed by atoms with Crippen LogP contribution in [-0.2, 0) is 33.2 Å². The van der Waals surface area contributed by atoms with Crippen LogP contribution in [0.1, 0.15) is 196 Å². The van der Waals surface area contributed by atoms with Crippen LogP contribution in [0.3, 0.4) is 0 Å². The van der Waals surface area contributed by atoms with E-state index in [-0.39, 0.29) is 46.1 Å². The average Bonchev–Trinajstić information content (AvgIpc) is 4.19. The lowest BCUT2D eigenvalue weighted by atomic mass is 9.43. The van der Waals surface area contributed by atoms with Crippen molar-refractivity contribution in [3.63, 3.8) is 0 Å². The highest BCUT2D eigenvalue weighted by Crippen LogP contribution is 2.71. The molecule has 8 aliphatic rings. The summed E-state index contributed by atoms with van der Waals surface area (Å²) in [7, 11) is 0. The minimum atomic E-state index is 0.103. The maximum absolute atomic E-state index is 7.16. The van der Waals surface area contributed by atoms with Crippen LogP contribution in [0, 0.1) is 92.7 Å². The molecule has 8 rings (SSSR count). The van der Waals surface area contributed by atoms with Crippen LogP contribution in [0.2, 0.25) is 0 Å². The van der Waals surface area contributed by atoms with Gasteiger partial charge in [0, 0.05) is 63.7 Å². The maximum Gasteiger partial charge on any atom is 0.0637 e. The van der Waals surface area contributed by atoms with Gasteiger partial charge in [0.1, 0.15) is 0 Å². The highest BCUT2D eigenvalue weighted by Gasteiger charge is 2.68. The fraction of sp³-hybridized carbons (Fsp3) is 1.00. The first-order chi connectivity index (χ1) is 38.3. The topological polar surface area (TPSA) is 221 Å². The Morgan fingerprint density at radius 3 is 1.10 bits per heavy atom. The molecule has 8 saturated carbocycles. The molecule has 0 spiro atoms. The highest BCUT2D eigenvalue weighted by molar-refractivity contribution is 5.17. The van der Waals surface area contributed by atoms with Gasteiger partial charge in [0.15, 0.2) is 0 Å². The van der Waals surface area contributed by atoms with Crippen molar-refractivity contribution in [3.8, 4) is 0 Å². The molecule has 13 heteroatoms. The van der Waals surface area contributed by atoms with E-state index in [0.717, 1.165) is 156 Å².